The van der Waals surface area contributed by atoms with Crippen molar-refractivity contribution in [1.82, 2.24) is 14.2 Å². The molecule has 0 unspecified atom stereocenters. The van der Waals surface area contributed by atoms with E-state index in [9.17, 15) is 0 Å². The van der Waals surface area contributed by atoms with Crippen LogP contribution in [0, 0.1) is 18.3 Å². The Balaban J connectivity index is 1.92. The molecule has 88 valence electrons. The number of aryl methyl sites for hydroxylation is 2. The van der Waals surface area contributed by atoms with Crippen molar-refractivity contribution >= 4 is 16.5 Å². The molecule has 17 heavy (non-hydrogen) atoms. The molecular weight excluding hydrogens is 234 g/mol. The molecule has 0 radical (unpaired) electrons. The molecule has 5 nitrogen and oxygen atoms in total. The molecule has 0 saturated carbocycles. The summed E-state index contributed by atoms with van der Waals surface area (Å²) in [4.78, 5) is 0. The molecule has 0 amide bonds. The third-order valence-corrected chi connectivity index (χ3v) is 3.33. The highest BCUT2D eigenvalue weighted by molar-refractivity contribution is 7.10. The minimum Gasteiger partial charge on any atom is -0.374 e. The summed E-state index contributed by atoms with van der Waals surface area (Å²) in [6, 6.07) is 2.17. The summed E-state index contributed by atoms with van der Waals surface area (Å²) in [5, 5.41) is 17.2. The molecule has 6 heteroatoms. The summed E-state index contributed by atoms with van der Waals surface area (Å²) in [5.41, 5.74) is 2.63. The zero-order chi connectivity index (χ0) is 12.3. The molecule has 0 aliphatic carbocycles. The number of aromatic nitrogens is 3. The monoisotopic (exact) mass is 247 g/mol. The van der Waals surface area contributed by atoms with E-state index < -0.39 is 0 Å². The molecule has 0 saturated heterocycles. The molecule has 2 heterocycles. The van der Waals surface area contributed by atoms with Crippen LogP contribution in [0.1, 0.15) is 16.8 Å². The standard InChI is InChI=1S/C11H13N5S/c1-8-10(5-12)11(17-15-8)13-4-3-9-6-14-16(2)7-9/h6-7,13H,3-4H2,1-2H3. The number of anilines is 1. The van der Waals surface area contributed by atoms with Gasteiger partial charge >= 0.3 is 0 Å². The summed E-state index contributed by atoms with van der Waals surface area (Å²) in [6.07, 6.45) is 4.73. The lowest BCUT2D eigenvalue weighted by Gasteiger charge is -2.01. The van der Waals surface area contributed by atoms with Gasteiger partial charge in [-0.2, -0.15) is 14.7 Å². The van der Waals surface area contributed by atoms with E-state index in [1.807, 2.05) is 26.4 Å². The molecule has 0 fully saturated rings. The maximum Gasteiger partial charge on any atom is 0.127 e. The smallest absolute Gasteiger partial charge is 0.127 e. The maximum absolute atomic E-state index is 8.97. The minimum absolute atomic E-state index is 0.654. The first-order valence-corrected chi connectivity index (χ1v) is 6.06. The van der Waals surface area contributed by atoms with E-state index in [-0.39, 0.29) is 0 Å². The average Bonchev–Trinajstić information content (AvgIpc) is 2.86. The van der Waals surface area contributed by atoms with Crippen LogP contribution in [0.3, 0.4) is 0 Å². The lowest BCUT2D eigenvalue weighted by Crippen LogP contribution is -2.04. The number of rotatable bonds is 4. The predicted molar refractivity (Wildman–Crippen MR) is 67.0 cm³/mol. The van der Waals surface area contributed by atoms with Crippen LogP contribution in [0.15, 0.2) is 12.4 Å². The first kappa shape index (κ1) is 11.6. The average molecular weight is 247 g/mol. The van der Waals surface area contributed by atoms with Crippen molar-refractivity contribution in [2.24, 2.45) is 7.05 Å². The molecule has 2 rings (SSSR count). The summed E-state index contributed by atoms with van der Waals surface area (Å²) in [6.45, 7) is 2.63. The molecule has 2 aromatic rings. The summed E-state index contributed by atoms with van der Waals surface area (Å²) in [7, 11) is 1.90. The molecule has 0 aliphatic heterocycles. The van der Waals surface area contributed by atoms with Crippen molar-refractivity contribution < 1.29 is 0 Å². The molecule has 0 bridgehead atoms. The molecule has 1 N–H and O–H groups in total. The summed E-state index contributed by atoms with van der Waals surface area (Å²) < 4.78 is 5.94. The normalized spacial score (nSPS) is 10.2. The van der Waals surface area contributed by atoms with Gasteiger partial charge in [0.15, 0.2) is 0 Å². The second-order valence-electron chi connectivity index (χ2n) is 3.78. The van der Waals surface area contributed by atoms with Crippen LogP contribution in [0.25, 0.3) is 0 Å². The summed E-state index contributed by atoms with van der Waals surface area (Å²) >= 11 is 1.34. The molecule has 2 aromatic heterocycles. The fraction of sp³-hybridized carbons (Fsp3) is 0.364. The number of hydrogen-bond donors (Lipinski definition) is 1. The molecule has 0 aromatic carbocycles. The van der Waals surface area contributed by atoms with Gasteiger partial charge in [-0.3, -0.25) is 4.68 Å². The Labute approximate surface area is 104 Å². The van der Waals surface area contributed by atoms with Crippen molar-refractivity contribution in [3.05, 3.63) is 29.2 Å². The highest BCUT2D eigenvalue weighted by Crippen LogP contribution is 2.23. The topological polar surface area (TPSA) is 66.5 Å². The SMILES string of the molecule is Cc1nsc(NCCc2cnn(C)c2)c1C#N. The second-order valence-corrected chi connectivity index (χ2v) is 4.56. The van der Waals surface area contributed by atoms with E-state index in [2.05, 4.69) is 20.9 Å². The van der Waals surface area contributed by atoms with E-state index in [0.717, 1.165) is 23.7 Å². The van der Waals surface area contributed by atoms with Gasteiger partial charge in [-0.25, -0.2) is 0 Å². The van der Waals surface area contributed by atoms with Gasteiger partial charge in [-0.1, -0.05) is 0 Å². The van der Waals surface area contributed by atoms with E-state index in [0.29, 0.717) is 5.56 Å². The van der Waals surface area contributed by atoms with Gasteiger partial charge in [0.1, 0.15) is 16.6 Å². The van der Waals surface area contributed by atoms with Crippen LogP contribution < -0.4 is 5.32 Å². The van der Waals surface area contributed by atoms with E-state index in [1.165, 1.54) is 17.1 Å². The van der Waals surface area contributed by atoms with Gasteiger partial charge in [0.25, 0.3) is 0 Å². The van der Waals surface area contributed by atoms with Gasteiger partial charge in [-0.05, 0) is 30.4 Å². The van der Waals surface area contributed by atoms with Crippen molar-refractivity contribution in [1.29, 1.82) is 5.26 Å². The van der Waals surface area contributed by atoms with Crippen molar-refractivity contribution in [2.45, 2.75) is 13.3 Å². The molecular formula is C11H13N5S. The van der Waals surface area contributed by atoms with Crippen LogP contribution in [-0.2, 0) is 13.5 Å². The number of nitrogens with zero attached hydrogens (tertiary/aromatic N) is 4. The van der Waals surface area contributed by atoms with Crippen LogP contribution in [-0.4, -0.2) is 20.7 Å². The lowest BCUT2D eigenvalue weighted by atomic mass is 10.2. The van der Waals surface area contributed by atoms with Crippen LogP contribution in [0.5, 0.6) is 0 Å². The van der Waals surface area contributed by atoms with Crippen molar-refractivity contribution in [3.63, 3.8) is 0 Å². The fourth-order valence-corrected chi connectivity index (χ4v) is 2.31. The predicted octanol–water partition coefficient (Wildman–Crippen LogP) is 1.71. The van der Waals surface area contributed by atoms with E-state index >= 15 is 0 Å². The summed E-state index contributed by atoms with van der Waals surface area (Å²) in [5.74, 6) is 0. The second kappa shape index (κ2) is 4.97. The minimum atomic E-state index is 0.654. The largest absolute Gasteiger partial charge is 0.374 e. The lowest BCUT2D eigenvalue weighted by molar-refractivity contribution is 0.767. The molecule has 0 aliphatic rings. The van der Waals surface area contributed by atoms with Gasteiger partial charge in [-0.15, -0.1) is 0 Å². The molecule has 0 spiro atoms. The number of hydrogen-bond acceptors (Lipinski definition) is 5. The van der Waals surface area contributed by atoms with Crippen molar-refractivity contribution in [2.75, 3.05) is 11.9 Å². The number of nitrogens with one attached hydrogen (secondary N) is 1. The first-order valence-electron chi connectivity index (χ1n) is 5.28. The first-order chi connectivity index (χ1) is 8.20. The highest BCUT2D eigenvalue weighted by Gasteiger charge is 2.09. The Kier molecular flexibility index (Phi) is 3.40. The zero-order valence-electron chi connectivity index (χ0n) is 9.77. The third-order valence-electron chi connectivity index (χ3n) is 2.43. The van der Waals surface area contributed by atoms with Gasteiger partial charge in [0.05, 0.1) is 11.9 Å². The third kappa shape index (κ3) is 2.63. The van der Waals surface area contributed by atoms with E-state index in [4.69, 9.17) is 5.26 Å². The van der Waals surface area contributed by atoms with Crippen LogP contribution >= 0.6 is 11.5 Å². The Bertz CT molecular complexity index is 548. The quantitative estimate of drug-likeness (QED) is 0.893. The Morgan fingerprint density at radius 2 is 2.41 bits per heavy atom. The zero-order valence-corrected chi connectivity index (χ0v) is 10.6. The Hall–Kier alpha value is -1.87. The maximum atomic E-state index is 8.97. The highest BCUT2D eigenvalue weighted by atomic mass is 32.1. The Morgan fingerprint density at radius 1 is 1.59 bits per heavy atom. The van der Waals surface area contributed by atoms with Crippen molar-refractivity contribution in [3.8, 4) is 6.07 Å². The molecule has 0 atom stereocenters. The van der Waals surface area contributed by atoms with Gasteiger partial charge in [0.2, 0.25) is 0 Å². The van der Waals surface area contributed by atoms with Gasteiger partial charge in [0, 0.05) is 19.8 Å². The fourth-order valence-electron chi connectivity index (χ4n) is 1.54. The van der Waals surface area contributed by atoms with Crippen LogP contribution in [0.4, 0.5) is 5.00 Å². The Morgan fingerprint density at radius 3 is 3.06 bits per heavy atom. The van der Waals surface area contributed by atoms with Gasteiger partial charge < -0.3 is 5.32 Å². The van der Waals surface area contributed by atoms with Crippen LogP contribution in [0.2, 0.25) is 0 Å². The number of nitriles is 1. The van der Waals surface area contributed by atoms with E-state index in [1.54, 1.807) is 4.68 Å².